The van der Waals surface area contributed by atoms with Crippen molar-refractivity contribution in [3.05, 3.63) is 51.7 Å². The van der Waals surface area contributed by atoms with E-state index in [0.717, 1.165) is 0 Å². The van der Waals surface area contributed by atoms with Crippen LogP contribution in [0.3, 0.4) is 0 Å². The monoisotopic (exact) mass is 494 g/mol. The summed E-state index contributed by atoms with van der Waals surface area (Å²) < 4.78 is 85.6. The highest BCUT2D eigenvalue weighted by Crippen LogP contribution is 2.38. The number of aromatic nitrogens is 3. The molecule has 1 fully saturated rings. The van der Waals surface area contributed by atoms with E-state index in [1.165, 1.54) is 24.7 Å². The first-order valence-electron chi connectivity index (χ1n) is 10.5. The summed E-state index contributed by atoms with van der Waals surface area (Å²) in [7, 11) is 0. The number of ether oxygens (including phenoxy) is 1. The zero-order chi connectivity index (χ0) is 25.3. The van der Waals surface area contributed by atoms with Gasteiger partial charge in [-0.05, 0) is 50.5 Å². The largest absolute Gasteiger partial charge is 0.416 e. The number of carbonyl (C=O) groups excluding carboxylic acids is 1. The quantitative estimate of drug-likeness (QED) is 0.572. The van der Waals surface area contributed by atoms with Gasteiger partial charge < -0.3 is 10.1 Å². The predicted molar refractivity (Wildman–Crippen MR) is 108 cm³/mol. The Hall–Kier alpha value is -2.67. The lowest BCUT2D eigenvalue weighted by Crippen LogP contribution is -2.55. The van der Waals surface area contributed by atoms with Gasteiger partial charge in [-0.2, -0.15) is 31.4 Å². The number of Topliss-reactive ketones (excluding diaryl/α,β-unsaturated/α-hetero) is 1. The first kappa shape index (κ1) is 25.9. The molecule has 1 aliphatic heterocycles. The summed E-state index contributed by atoms with van der Waals surface area (Å²) >= 11 is 0. The van der Waals surface area contributed by atoms with Crippen LogP contribution in [0.15, 0.2) is 29.3 Å². The first-order chi connectivity index (χ1) is 15.7. The fourth-order valence-corrected chi connectivity index (χ4v) is 4.17. The summed E-state index contributed by atoms with van der Waals surface area (Å²) in [5.41, 5.74) is -4.34. The topological polar surface area (TPSA) is 89.0 Å². The SMILES string of the molecule is CC(=O)C[C@]1(n2cn[nH]c2=O)CC[C@H](CO[C@H](C)c2cc(C(F)(F)F)cc(C(F)(F)F)c2)NC1. The number of carbonyl (C=O) groups is 1. The lowest BCUT2D eigenvalue weighted by Gasteiger charge is -2.40. The second-order valence-electron chi connectivity index (χ2n) is 8.57. The minimum Gasteiger partial charge on any atom is -0.372 e. The number of hydrogen-bond donors (Lipinski definition) is 2. The van der Waals surface area contributed by atoms with E-state index in [9.17, 15) is 35.9 Å². The summed E-state index contributed by atoms with van der Waals surface area (Å²) in [4.78, 5) is 23.9. The van der Waals surface area contributed by atoms with Gasteiger partial charge in [0.25, 0.3) is 0 Å². The Balaban J connectivity index is 1.69. The number of alkyl halides is 6. The van der Waals surface area contributed by atoms with Crippen LogP contribution in [0.25, 0.3) is 0 Å². The first-order valence-corrected chi connectivity index (χ1v) is 10.5. The van der Waals surface area contributed by atoms with Crippen molar-refractivity contribution in [1.29, 1.82) is 0 Å². The van der Waals surface area contributed by atoms with Gasteiger partial charge >= 0.3 is 18.0 Å². The number of hydrogen-bond acceptors (Lipinski definition) is 5. The van der Waals surface area contributed by atoms with E-state index in [1.54, 1.807) is 0 Å². The Kier molecular flexibility index (Phi) is 7.27. The van der Waals surface area contributed by atoms with Crippen LogP contribution in [0.4, 0.5) is 26.3 Å². The molecule has 0 spiro atoms. The van der Waals surface area contributed by atoms with Crippen LogP contribution in [0.2, 0.25) is 0 Å². The standard InChI is InChI=1S/C21H24F6N4O3/c1-12(32)8-19(31-11-29-30-18(31)33)4-3-17(28-10-19)9-34-13(2)14-5-15(20(22,23)24)7-16(6-14)21(25,26)27/h5-7,11,13,17,28H,3-4,8-10H2,1-2H3,(H,30,33)/t13-,17-,19-/m1/s1. The fraction of sp³-hybridized carbons (Fsp3) is 0.571. The molecule has 2 N–H and O–H groups in total. The number of aromatic amines is 1. The molecule has 188 valence electrons. The number of benzene rings is 1. The maximum absolute atomic E-state index is 13.1. The Morgan fingerprint density at radius 3 is 2.26 bits per heavy atom. The van der Waals surface area contributed by atoms with Crippen molar-refractivity contribution in [3.63, 3.8) is 0 Å². The second kappa shape index (κ2) is 9.53. The third-order valence-corrected chi connectivity index (χ3v) is 5.95. The number of ketones is 1. The Morgan fingerprint density at radius 1 is 1.21 bits per heavy atom. The smallest absolute Gasteiger partial charge is 0.372 e. The average Bonchev–Trinajstić information content (AvgIpc) is 3.17. The van der Waals surface area contributed by atoms with Crippen molar-refractivity contribution in [2.45, 2.75) is 63.1 Å². The van der Waals surface area contributed by atoms with Crippen molar-refractivity contribution in [2.75, 3.05) is 13.2 Å². The molecule has 1 saturated heterocycles. The highest BCUT2D eigenvalue weighted by atomic mass is 19.4. The molecule has 7 nitrogen and oxygen atoms in total. The van der Waals surface area contributed by atoms with Crippen molar-refractivity contribution < 1.29 is 35.9 Å². The van der Waals surface area contributed by atoms with Gasteiger partial charge in [0.15, 0.2) is 0 Å². The second-order valence-corrected chi connectivity index (χ2v) is 8.57. The van der Waals surface area contributed by atoms with Crippen LogP contribution >= 0.6 is 0 Å². The van der Waals surface area contributed by atoms with Crippen LogP contribution in [0.5, 0.6) is 0 Å². The summed E-state index contributed by atoms with van der Waals surface area (Å²) in [5, 5.41) is 9.18. The minimum atomic E-state index is -4.94. The zero-order valence-corrected chi connectivity index (χ0v) is 18.4. The lowest BCUT2D eigenvalue weighted by molar-refractivity contribution is -0.143. The molecule has 1 aromatic carbocycles. The van der Waals surface area contributed by atoms with E-state index in [1.807, 2.05) is 0 Å². The molecule has 1 aliphatic rings. The maximum atomic E-state index is 13.1. The van der Waals surface area contributed by atoms with Crippen LogP contribution in [-0.2, 0) is 27.4 Å². The molecule has 13 heteroatoms. The number of H-pyrrole nitrogens is 1. The van der Waals surface area contributed by atoms with Crippen molar-refractivity contribution >= 4 is 5.78 Å². The summed E-state index contributed by atoms with van der Waals surface area (Å²) in [6, 6.07) is 1.10. The highest BCUT2D eigenvalue weighted by molar-refractivity contribution is 5.76. The molecule has 0 amide bonds. The number of halogens is 6. The van der Waals surface area contributed by atoms with Gasteiger partial charge in [-0.3, -0.25) is 9.36 Å². The van der Waals surface area contributed by atoms with Crippen LogP contribution < -0.4 is 11.0 Å². The predicted octanol–water partition coefficient (Wildman–Crippen LogP) is 3.81. The molecule has 34 heavy (non-hydrogen) atoms. The summed E-state index contributed by atoms with van der Waals surface area (Å²) in [6.45, 7) is 3.03. The average molecular weight is 494 g/mol. The van der Waals surface area contributed by atoms with E-state index < -0.39 is 40.8 Å². The van der Waals surface area contributed by atoms with Crippen LogP contribution in [-0.4, -0.2) is 39.7 Å². The minimum absolute atomic E-state index is 0.00913. The molecule has 3 atom stereocenters. The molecule has 0 unspecified atom stereocenters. The van der Waals surface area contributed by atoms with Crippen molar-refractivity contribution in [3.8, 4) is 0 Å². The third kappa shape index (κ3) is 5.87. The third-order valence-electron chi connectivity index (χ3n) is 5.95. The summed E-state index contributed by atoms with van der Waals surface area (Å²) in [5.74, 6) is -0.122. The number of piperidine rings is 1. The van der Waals surface area contributed by atoms with Gasteiger partial charge in [0.05, 0.1) is 29.4 Å². The van der Waals surface area contributed by atoms with Crippen LogP contribution in [0, 0.1) is 0 Å². The highest BCUT2D eigenvalue weighted by Gasteiger charge is 2.40. The van der Waals surface area contributed by atoms with Crippen molar-refractivity contribution in [1.82, 2.24) is 20.1 Å². The molecular weight excluding hydrogens is 470 g/mol. The van der Waals surface area contributed by atoms with E-state index in [0.29, 0.717) is 25.0 Å². The summed E-state index contributed by atoms with van der Waals surface area (Å²) in [6.07, 6.45) is -8.63. The normalized spacial score (nSPS) is 22.5. The molecule has 0 saturated carbocycles. The zero-order valence-electron chi connectivity index (χ0n) is 18.4. The number of nitrogens with zero attached hydrogens (tertiary/aromatic N) is 2. The molecule has 0 radical (unpaired) electrons. The Bertz CT molecular complexity index is 1040. The van der Waals surface area contributed by atoms with Gasteiger partial charge in [-0.1, -0.05) is 0 Å². The molecule has 2 heterocycles. The van der Waals surface area contributed by atoms with Gasteiger partial charge in [-0.25, -0.2) is 9.89 Å². The van der Waals surface area contributed by atoms with Gasteiger partial charge in [0, 0.05) is 19.0 Å². The molecular formula is C21H24F6N4O3. The Labute approximate surface area is 190 Å². The van der Waals surface area contributed by atoms with Crippen LogP contribution in [0.1, 0.15) is 55.9 Å². The van der Waals surface area contributed by atoms with Gasteiger partial charge in [-0.15, -0.1) is 0 Å². The number of nitrogens with one attached hydrogen (secondary N) is 2. The van der Waals surface area contributed by atoms with E-state index in [-0.39, 0.29) is 43.0 Å². The molecule has 0 aliphatic carbocycles. The molecule has 1 aromatic heterocycles. The molecule has 3 rings (SSSR count). The molecule has 0 bridgehead atoms. The fourth-order valence-electron chi connectivity index (χ4n) is 4.17. The van der Waals surface area contributed by atoms with E-state index in [2.05, 4.69) is 15.5 Å². The lowest BCUT2D eigenvalue weighted by atomic mass is 9.83. The van der Waals surface area contributed by atoms with E-state index >= 15 is 0 Å². The maximum Gasteiger partial charge on any atom is 0.416 e. The number of rotatable bonds is 7. The Morgan fingerprint density at radius 2 is 1.82 bits per heavy atom. The van der Waals surface area contributed by atoms with E-state index in [4.69, 9.17) is 4.74 Å². The van der Waals surface area contributed by atoms with Crippen molar-refractivity contribution in [2.24, 2.45) is 0 Å². The molecule has 2 aromatic rings. The van der Waals surface area contributed by atoms with Gasteiger partial charge in [0.2, 0.25) is 0 Å². The van der Waals surface area contributed by atoms with Gasteiger partial charge in [0.1, 0.15) is 12.1 Å².